The maximum absolute atomic E-state index is 13.6. The Balaban J connectivity index is 1.77. The molecule has 0 spiro atoms. The van der Waals surface area contributed by atoms with E-state index in [-0.39, 0.29) is 29.1 Å². The molecule has 2 aromatic carbocycles. The van der Waals surface area contributed by atoms with Gasteiger partial charge < -0.3 is 10.0 Å². The van der Waals surface area contributed by atoms with Gasteiger partial charge in [-0.25, -0.2) is 0 Å². The second-order valence-electron chi connectivity index (χ2n) is 10.0. The van der Waals surface area contributed by atoms with E-state index in [2.05, 4.69) is 56.1 Å². The van der Waals surface area contributed by atoms with Crippen molar-refractivity contribution in [2.75, 3.05) is 11.7 Å². The van der Waals surface area contributed by atoms with Crippen molar-refractivity contribution < 1.29 is 9.90 Å². The van der Waals surface area contributed by atoms with Crippen LogP contribution in [0.25, 0.3) is 0 Å². The molecular formula is C27H29N3O3S. The molecule has 2 atom stereocenters. The van der Waals surface area contributed by atoms with Crippen molar-refractivity contribution in [3.63, 3.8) is 0 Å². The molecule has 5 rings (SSSR count). The number of carbonyl (C=O) groups excluding carboxylic acids is 1. The Labute approximate surface area is 203 Å². The minimum atomic E-state index is -0.554. The van der Waals surface area contributed by atoms with E-state index in [1.165, 1.54) is 16.5 Å². The van der Waals surface area contributed by atoms with Crippen LogP contribution in [-0.2, 0) is 5.75 Å². The molecule has 7 heteroatoms. The van der Waals surface area contributed by atoms with E-state index in [0.717, 1.165) is 16.9 Å². The van der Waals surface area contributed by atoms with Gasteiger partial charge in [0.05, 0.1) is 6.04 Å². The zero-order valence-corrected chi connectivity index (χ0v) is 20.7. The Kier molecular flexibility index (Phi) is 5.47. The molecular weight excluding hydrogens is 446 g/mol. The van der Waals surface area contributed by atoms with E-state index in [9.17, 15) is 14.7 Å². The maximum atomic E-state index is 13.6. The minimum Gasteiger partial charge on any atom is -0.502 e. The zero-order chi connectivity index (χ0) is 24.2. The molecule has 2 aliphatic heterocycles. The quantitative estimate of drug-likeness (QED) is 0.580. The highest BCUT2D eigenvalue weighted by Crippen LogP contribution is 2.43. The van der Waals surface area contributed by atoms with Gasteiger partial charge in [-0.15, -0.1) is 11.8 Å². The lowest BCUT2D eigenvalue weighted by Gasteiger charge is -2.48. The molecule has 1 N–H and O–H groups in total. The molecule has 0 saturated heterocycles. The first-order valence-electron chi connectivity index (χ1n) is 11.5. The van der Waals surface area contributed by atoms with E-state index in [4.69, 9.17) is 0 Å². The standard InChI is InChI=1S/C27H29N3O3S/c1-17(27(2,3)4)28-16-30(29-14-13-21(31)25(32)24(29)26(28)33)23-19-10-6-5-9-18(19)15-34-22-12-8-7-11-20(22)23/h5-14,17,23,32H,15-16H2,1-4H3/t17-,23?/m0/s1. The van der Waals surface area contributed by atoms with E-state index >= 15 is 0 Å². The third-order valence-corrected chi connectivity index (χ3v) is 8.19. The number of hydrogen-bond donors (Lipinski definition) is 1. The van der Waals surface area contributed by atoms with Crippen LogP contribution in [0.1, 0.15) is 60.9 Å². The van der Waals surface area contributed by atoms with Crippen molar-refractivity contribution in [3.8, 4) is 5.75 Å². The molecule has 0 aliphatic carbocycles. The van der Waals surface area contributed by atoms with Crippen LogP contribution in [0.3, 0.4) is 0 Å². The number of aromatic nitrogens is 1. The van der Waals surface area contributed by atoms with Gasteiger partial charge in [-0.05, 0) is 35.1 Å². The lowest BCUT2D eigenvalue weighted by atomic mass is 9.86. The molecule has 3 heterocycles. The summed E-state index contributed by atoms with van der Waals surface area (Å²) in [4.78, 5) is 29.0. The number of carbonyl (C=O) groups is 1. The molecule has 1 amide bonds. The second-order valence-corrected chi connectivity index (χ2v) is 11.1. The van der Waals surface area contributed by atoms with E-state index in [1.807, 2.05) is 25.1 Å². The third kappa shape index (κ3) is 3.59. The number of rotatable bonds is 2. The second kappa shape index (κ2) is 8.24. The van der Waals surface area contributed by atoms with Gasteiger partial charge in [-0.1, -0.05) is 63.2 Å². The minimum absolute atomic E-state index is 0.0155. The van der Waals surface area contributed by atoms with Crippen LogP contribution >= 0.6 is 11.8 Å². The average Bonchev–Trinajstić information content (AvgIpc) is 2.97. The number of pyridine rings is 1. The molecule has 0 radical (unpaired) electrons. The van der Waals surface area contributed by atoms with Gasteiger partial charge in [0.1, 0.15) is 6.67 Å². The van der Waals surface area contributed by atoms with Crippen molar-refractivity contribution in [2.45, 2.75) is 50.4 Å². The van der Waals surface area contributed by atoms with Crippen LogP contribution < -0.4 is 10.4 Å². The number of nitrogens with zero attached hydrogens (tertiary/aromatic N) is 3. The lowest BCUT2D eigenvalue weighted by molar-refractivity contribution is 0.0453. The fourth-order valence-corrected chi connectivity index (χ4v) is 5.84. The van der Waals surface area contributed by atoms with Gasteiger partial charge >= 0.3 is 0 Å². The van der Waals surface area contributed by atoms with Gasteiger partial charge in [-0.2, -0.15) is 0 Å². The maximum Gasteiger partial charge on any atom is 0.278 e. The van der Waals surface area contributed by atoms with Crippen molar-refractivity contribution in [2.24, 2.45) is 5.41 Å². The van der Waals surface area contributed by atoms with Crippen molar-refractivity contribution >= 4 is 17.7 Å². The van der Waals surface area contributed by atoms with Gasteiger partial charge in [0.25, 0.3) is 5.91 Å². The number of aromatic hydroxyl groups is 1. The molecule has 34 heavy (non-hydrogen) atoms. The van der Waals surface area contributed by atoms with Gasteiger partial charge in [0, 0.05) is 29.0 Å². The highest BCUT2D eigenvalue weighted by molar-refractivity contribution is 7.98. The molecule has 0 bridgehead atoms. The predicted molar refractivity (Wildman–Crippen MR) is 135 cm³/mol. The normalized spacial score (nSPS) is 18.6. The summed E-state index contributed by atoms with van der Waals surface area (Å²) in [5.41, 5.74) is 2.79. The van der Waals surface area contributed by atoms with E-state index in [0.29, 0.717) is 6.67 Å². The van der Waals surface area contributed by atoms with Crippen molar-refractivity contribution in [1.29, 1.82) is 0 Å². The highest BCUT2D eigenvalue weighted by atomic mass is 32.2. The van der Waals surface area contributed by atoms with Gasteiger partial charge in [0.2, 0.25) is 5.43 Å². The molecule has 2 aliphatic rings. The summed E-state index contributed by atoms with van der Waals surface area (Å²) in [5, 5.41) is 12.9. The molecule has 1 unspecified atom stereocenters. The number of fused-ring (bicyclic) bond motifs is 3. The number of thioether (sulfide) groups is 1. The highest BCUT2D eigenvalue weighted by Gasteiger charge is 2.42. The van der Waals surface area contributed by atoms with Crippen LogP contribution in [0, 0.1) is 5.41 Å². The van der Waals surface area contributed by atoms with Crippen LogP contribution in [0.4, 0.5) is 0 Å². The fourth-order valence-electron chi connectivity index (χ4n) is 4.74. The molecule has 3 aromatic rings. The van der Waals surface area contributed by atoms with Crippen LogP contribution in [0.5, 0.6) is 5.75 Å². The summed E-state index contributed by atoms with van der Waals surface area (Å²) in [6, 6.07) is 17.7. The molecule has 1 aromatic heterocycles. The first kappa shape index (κ1) is 22.6. The predicted octanol–water partition coefficient (Wildman–Crippen LogP) is 4.74. The van der Waals surface area contributed by atoms with Crippen LogP contribution in [-0.4, -0.2) is 33.3 Å². The Hall–Kier alpha value is -3.19. The number of amides is 1. The first-order valence-corrected chi connectivity index (χ1v) is 12.5. The summed E-state index contributed by atoms with van der Waals surface area (Å²) < 4.78 is 1.68. The smallest absolute Gasteiger partial charge is 0.278 e. The molecule has 0 fully saturated rings. The summed E-state index contributed by atoms with van der Waals surface area (Å²) in [7, 11) is 0. The summed E-state index contributed by atoms with van der Waals surface area (Å²) >= 11 is 1.80. The van der Waals surface area contributed by atoms with Crippen molar-refractivity contribution in [3.05, 3.63) is 93.4 Å². The van der Waals surface area contributed by atoms with E-state index < -0.39 is 11.2 Å². The lowest BCUT2D eigenvalue weighted by Crippen LogP contribution is -2.59. The van der Waals surface area contributed by atoms with Gasteiger partial charge in [-0.3, -0.25) is 19.3 Å². The van der Waals surface area contributed by atoms with Crippen LogP contribution in [0.15, 0.2) is 70.5 Å². The Bertz CT molecular complexity index is 1280. The molecule has 6 nitrogen and oxygen atoms in total. The Morgan fingerprint density at radius 1 is 1.00 bits per heavy atom. The largest absolute Gasteiger partial charge is 0.502 e. The topological polar surface area (TPSA) is 65.8 Å². The molecule has 0 saturated carbocycles. The van der Waals surface area contributed by atoms with Crippen molar-refractivity contribution in [1.82, 2.24) is 9.58 Å². The molecule has 176 valence electrons. The van der Waals surface area contributed by atoms with E-state index in [1.54, 1.807) is 27.5 Å². The number of hydrogen-bond acceptors (Lipinski definition) is 5. The SMILES string of the molecule is C[C@H](N1CN(C2c3ccccc3CSc3ccccc32)n2ccc(=O)c(O)c2C1=O)C(C)(C)C. The van der Waals surface area contributed by atoms with Gasteiger partial charge in [0.15, 0.2) is 11.4 Å². The Morgan fingerprint density at radius 3 is 2.41 bits per heavy atom. The summed E-state index contributed by atoms with van der Waals surface area (Å²) in [6.45, 7) is 8.62. The number of benzene rings is 2. The summed E-state index contributed by atoms with van der Waals surface area (Å²) in [5.74, 6) is 0.00668. The zero-order valence-electron chi connectivity index (χ0n) is 19.9. The monoisotopic (exact) mass is 475 g/mol. The Morgan fingerprint density at radius 2 is 1.68 bits per heavy atom. The third-order valence-electron chi connectivity index (χ3n) is 7.06. The summed E-state index contributed by atoms with van der Waals surface area (Å²) in [6.07, 6.45) is 1.61. The fraction of sp³-hybridized carbons (Fsp3) is 0.333. The first-order chi connectivity index (χ1) is 16.2. The average molecular weight is 476 g/mol. The van der Waals surface area contributed by atoms with Crippen LogP contribution in [0.2, 0.25) is 0 Å².